The molecule has 0 radical (unpaired) electrons. The first-order valence-corrected chi connectivity index (χ1v) is 5.04. The van der Waals surface area contributed by atoms with Crippen LogP contribution in [0, 0.1) is 0 Å². The molecule has 66 valence electrons. The van der Waals surface area contributed by atoms with Gasteiger partial charge in [-0.25, -0.2) is 4.79 Å². The first kappa shape index (κ1) is 8.33. The minimum atomic E-state index is -0.974. The maximum absolute atomic E-state index is 10.7. The molecule has 6 heteroatoms. The highest BCUT2D eigenvalue weighted by molar-refractivity contribution is 7.14. The summed E-state index contributed by atoms with van der Waals surface area (Å²) in [5.41, 5.74) is 0.465. The van der Waals surface area contributed by atoms with E-state index < -0.39 is 5.97 Å². The summed E-state index contributed by atoms with van der Waals surface area (Å²) in [6.45, 7) is 0. The van der Waals surface area contributed by atoms with Gasteiger partial charge in [-0.1, -0.05) is 10.6 Å². The van der Waals surface area contributed by atoms with Crippen molar-refractivity contribution in [2.75, 3.05) is 0 Å². The average molecular weight is 212 g/mol. The molecule has 0 fully saturated rings. The second kappa shape index (κ2) is 3.23. The van der Waals surface area contributed by atoms with Crippen molar-refractivity contribution in [3.63, 3.8) is 0 Å². The van der Waals surface area contributed by atoms with E-state index in [0.717, 1.165) is 16.4 Å². The van der Waals surface area contributed by atoms with Crippen molar-refractivity contribution in [3.8, 4) is 10.6 Å². The summed E-state index contributed by atoms with van der Waals surface area (Å²) in [7, 11) is 0. The third kappa shape index (κ3) is 1.45. The number of carbonyl (C=O) groups is 1. The summed E-state index contributed by atoms with van der Waals surface area (Å²) in [6, 6.07) is 3.68. The molecule has 0 saturated heterocycles. The van der Waals surface area contributed by atoms with Crippen LogP contribution in [0.3, 0.4) is 0 Å². The summed E-state index contributed by atoms with van der Waals surface area (Å²) in [6.07, 6.45) is 0. The summed E-state index contributed by atoms with van der Waals surface area (Å²) >= 11 is 2.35. The first-order valence-electron chi connectivity index (χ1n) is 3.38. The topological polar surface area (TPSA) is 63.1 Å². The minimum Gasteiger partial charge on any atom is -0.477 e. The molecule has 2 aromatic heterocycles. The number of aromatic nitrogens is 2. The van der Waals surface area contributed by atoms with Gasteiger partial charge in [0.1, 0.15) is 5.69 Å². The van der Waals surface area contributed by atoms with E-state index in [1.165, 1.54) is 11.3 Å². The van der Waals surface area contributed by atoms with Crippen LogP contribution < -0.4 is 0 Å². The molecule has 0 bridgehead atoms. The summed E-state index contributed by atoms with van der Waals surface area (Å²) in [5.74, 6) is -0.974. The van der Waals surface area contributed by atoms with Gasteiger partial charge < -0.3 is 5.11 Å². The summed E-state index contributed by atoms with van der Waals surface area (Å²) < 4.78 is 3.62. The quantitative estimate of drug-likeness (QED) is 0.826. The van der Waals surface area contributed by atoms with E-state index in [9.17, 15) is 4.79 Å². The molecule has 0 amide bonds. The smallest absolute Gasteiger partial charge is 0.349 e. The molecular formula is C7H4N2O2S2. The van der Waals surface area contributed by atoms with Crippen LogP contribution in [0.1, 0.15) is 9.67 Å². The van der Waals surface area contributed by atoms with Gasteiger partial charge in [0, 0.05) is 0 Å². The second-order valence-corrected chi connectivity index (χ2v) is 3.93. The number of hydrogen-bond acceptors (Lipinski definition) is 5. The van der Waals surface area contributed by atoms with Crippen LogP contribution in [0.15, 0.2) is 17.5 Å². The zero-order valence-corrected chi connectivity index (χ0v) is 7.93. The number of nitrogens with zero attached hydrogens (tertiary/aromatic N) is 2. The van der Waals surface area contributed by atoms with Crippen LogP contribution in [0.2, 0.25) is 0 Å². The first-order chi connectivity index (χ1) is 6.29. The Hall–Kier alpha value is -1.27. The van der Waals surface area contributed by atoms with Crippen LogP contribution in [0.4, 0.5) is 0 Å². The third-order valence-electron chi connectivity index (χ3n) is 1.44. The number of carboxylic acids is 1. The Morgan fingerprint density at radius 1 is 1.54 bits per heavy atom. The Labute approximate surface area is 81.6 Å². The second-order valence-electron chi connectivity index (χ2n) is 2.23. The van der Waals surface area contributed by atoms with E-state index in [-0.39, 0.29) is 4.88 Å². The van der Waals surface area contributed by atoms with Gasteiger partial charge in [-0.2, -0.15) is 0 Å². The average Bonchev–Trinajstić information content (AvgIpc) is 2.74. The van der Waals surface area contributed by atoms with E-state index >= 15 is 0 Å². The molecule has 2 rings (SSSR count). The van der Waals surface area contributed by atoms with Crippen LogP contribution >= 0.6 is 22.9 Å². The molecule has 0 aliphatic carbocycles. The Morgan fingerprint density at radius 3 is 3.00 bits per heavy atom. The maximum Gasteiger partial charge on any atom is 0.349 e. The highest BCUT2D eigenvalue weighted by Gasteiger charge is 2.16. The van der Waals surface area contributed by atoms with Gasteiger partial charge in [0.25, 0.3) is 0 Å². The fraction of sp³-hybridized carbons (Fsp3) is 0. The number of aromatic carboxylic acids is 1. The van der Waals surface area contributed by atoms with E-state index in [4.69, 9.17) is 5.11 Å². The lowest BCUT2D eigenvalue weighted by molar-refractivity contribution is 0.0703. The number of carboxylic acid groups (broad SMARTS) is 1. The molecule has 0 atom stereocenters. The minimum absolute atomic E-state index is 0.197. The fourth-order valence-corrected chi connectivity index (χ4v) is 2.20. The van der Waals surface area contributed by atoms with Gasteiger partial charge in [-0.3, -0.25) is 0 Å². The standard InChI is InChI=1S/C7H4N2O2S2/c10-7(11)6-5(8-9-13-6)4-2-1-3-12-4/h1-3H,(H,10,11). The lowest BCUT2D eigenvalue weighted by Gasteiger charge is -1.90. The molecule has 0 spiro atoms. The Balaban J connectivity index is 2.52. The highest BCUT2D eigenvalue weighted by Crippen LogP contribution is 2.27. The SMILES string of the molecule is O=C(O)c1snnc1-c1cccs1. The molecule has 0 aliphatic rings. The fourth-order valence-electron chi connectivity index (χ4n) is 0.906. The lowest BCUT2D eigenvalue weighted by Crippen LogP contribution is -1.94. The van der Waals surface area contributed by atoms with Crippen molar-refractivity contribution in [1.29, 1.82) is 0 Å². The summed E-state index contributed by atoms with van der Waals surface area (Å²) in [4.78, 5) is 11.7. The third-order valence-corrected chi connectivity index (χ3v) is 3.03. The largest absolute Gasteiger partial charge is 0.477 e. The molecule has 2 aromatic rings. The van der Waals surface area contributed by atoms with Crippen molar-refractivity contribution in [1.82, 2.24) is 9.59 Å². The van der Waals surface area contributed by atoms with E-state index in [2.05, 4.69) is 9.59 Å². The Kier molecular flexibility index (Phi) is 2.07. The molecule has 1 N–H and O–H groups in total. The number of thiophene rings is 1. The van der Waals surface area contributed by atoms with E-state index in [1.807, 2.05) is 17.5 Å². The monoisotopic (exact) mass is 212 g/mol. The van der Waals surface area contributed by atoms with Gasteiger partial charge in [-0.05, 0) is 23.0 Å². The molecule has 0 unspecified atom stereocenters. The predicted molar refractivity (Wildman–Crippen MR) is 50.2 cm³/mol. The van der Waals surface area contributed by atoms with E-state index in [1.54, 1.807) is 0 Å². The zero-order valence-electron chi connectivity index (χ0n) is 6.30. The molecule has 4 nitrogen and oxygen atoms in total. The van der Waals surface area contributed by atoms with Crippen LogP contribution in [0.5, 0.6) is 0 Å². The van der Waals surface area contributed by atoms with Crippen molar-refractivity contribution < 1.29 is 9.90 Å². The molecular weight excluding hydrogens is 208 g/mol. The number of hydrogen-bond donors (Lipinski definition) is 1. The maximum atomic E-state index is 10.7. The summed E-state index contributed by atoms with van der Waals surface area (Å²) in [5, 5.41) is 14.4. The van der Waals surface area contributed by atoms with Gasteiger partial charge in [0.05, 0.1) is 4.88 Å². The highest BCUT2D eigenvalue weighted by atomic mass is 32.1. The van der Waals surface area contributed by atoms with E-state index in [0.29, 0.717) is 5.69 Å². The lowest BCUT2D eigenvalue weighted by atomic mass is 10.3. The van der Waals surface area contributed by atoms with Crippen molar-refractivity contribution in [3.05, 3.63) is 22.4 Å². The zero-order chi connectivity index (χ0) is 9.26. The van der Waals surface area contributed by atoms with Gasteiger partial charge in [0.15, 0.2) is 4.88 Å². The van der Waals surface area contributed by atoms with Gasteiger partial charge >= 0.3 is 5.97 Å². The molecule has 0 aliphatic heterocycles. The van der Waals surface area contributed by atoms with Gasteiger partial charge in [0.2, 0.25) is 0 Å². The van der Waals surface area contributed by atoms with Crippen LogP contribution in [0.25, 0.3) is 10.6 Å². The Morgan fingerprint density at radius 2 is 2.38 bits per heavy atom. The molecule has 2 heterocycles. The number of rotatable bonds is 2. The van der Waals surface area contributed by atoms with Gasteiger partial charge in [-0.15, -0.1) is 16.4 Å². The molecule has 13 heavy (non-hydrogen) atoms. The van der Waals surface area contributed by atoms with Crippen molar-refractivity contribution in [2.45, 2.75) is 0 Å². The van der Waals surface area contributed by atoms with Crippen molar-refractivity contribution >= 4 is 28.8 Å². The van der Waals surface area contributed by atoms with Crippen LogP contribution in [-0.4, -0.2) is 20.7 Å². The normalized spacial score (nSPS) is 10.2. The van der Waals surface area contributed by atoms with Crippen LogP contribution in [-0.2, 0) is 0 Å². The molecule has 0 aromatic carbocycles. The predicted octanol–water partition coefficient (Wildman–Crippen LogP) is 1.96. The Bertz CT molecular complexity index is 421. The molecule has 0 saturated carbocycles. The van der Waals surface area contributed by atoms with Crippen molar-refractivity contribution in [2.24, 2.45) is 0 Å².